The van der Waals surface area contributed by atoms with Gasteiger partial charge < -0.3 is 19.7 Å². The number of ether oxygens (including phenoxy) is 2. The van der Waals surface area contributed by atoms with Crippen molar-refractivity contribution in [3.63, 3.8) is 0 Å². The zero-order chi connectivity index (χ0) is 29.2. The van der Waals surface area contributed by atoms with Crippen LogP contribution in [0.25, 0.3) is 0 Å². The summed E-state index contributed by atoms with van der Waals surface area (Å²) < 4.78 is 10.3. The topological polar surface area (TPSA) is 93.1 Å². The van der Waals surface area contributed by atoms with E-state index in [-0.39, 0.29) is 0 Å². The van der Waals surface area contributed by atoms with Gasteiger partial charge in [0.05, 0.1) is 13.2 Å². The highest BCUT2D eigenvalue weighted by molar-refractivity contribution is 5.74. The molecule has 0 bridgehead atoms. The normalized spacial score (nSPS) is 15.0. The molecular formula is C34H50O6. The summed E-state index contributed by atoms with van der Waals surface area (Å²) in [7, 11) is 0. The van der Waals surface area contributed by atoms with Crippen molar-refractivity contribution in [1.82, 2.24) is 0 Å². The lowest BCUT2D eigenvalue weighted by atomic mass is 9.86. The summed E-state index contributed by atoms with van der Waals surface area (Å²) in [6.45, 7) is 5.88. The maximum atomic E-state index is 11.6. The van der Waals surface area contributed by atoms with Gasteiger partial charge in [0.1, 0.15) is 12.2 Å². The Morgan fingerprint density at radius 3 is 1.48 bits per heavy atom. The quantitative estimate of drug-likeness (QED) is 0.136. The first-order chi connectivity index (χ1) is 19.3. The third-order valence-electron chi connectivity index (χ3n) is 7.63. The molecule has 0 aliphatic heterocycles. The lowest BCUT2D eigenvalue weighted by Crippen LogP contribution is -2.20. The van der Waals surface area contributed by atoms with E-state index in [1.807, 2.05) is 6.07 Å². The van der Waals surface area contributed by atoms with Crippen LogP contribution in [0.5, 0.6) is 0 Å². The largest absolute Gasteiger partial charge is 0.464 e. The summed E-state index contributed by atoms with van der Waals surface area (Å²) in [5.74, 6) is 0.350. The number of aliphatic hydroxyl groups excluding tert-OH is 2. The van der Waals surface area contributed by atoms with Crippen LogP contribution in [-0.2, 0) is 19.1 Å². The van der Waals surface area contributed by atoms with E-state index in [1.54, 1.807) is 0 Å². The molecule has 40 heavy (non-hydrogen) atoms. The Balaban J connectivity index is 1.76. The molecule has 2 aromatic rings. The smallest absolute Gasteiger partial charge is 0.334 e. The molecule has 6 heteroatoms. The lowest BCUT2D eigenvalue weighted by molar-refractivity contribution is -0.153. The molecule has 0 aromatic heterocycles. The van der Waals surface area contributed by atoms with E-state index >= 15 is 0 Å². The predicted molar refractivity (Wildman–Crippen MR) is 159 cm³/mol. The van der Waals surface area contributed by atoms with E-state index < -0.39 is 24.1 Å². The SMILES string of the molecule is CC(CCCC(CCCCOC(=O)C(C)O)c1ccccc1)CCCC(CCOC(=O)C(C)O)c1ccccc1. The van der Waals surface area contributed by atoms with Crippen molar-refractivity contribution in [2.75, 3.05) is 13.2 Å². The lowest BCUT2D eigenvalue weighted by Gasteiger charge is -2.20. The fourth-order valence-electron chi connectivity index (χ4n) is 5.18. The van der Waals surface area contributed by atoms with Crippen LogP contribution in [0, 0.1) is 5.92 Å². The average Bonchev–Trinajstić information content (AvgIpc) is 2.95. The molecule has 0 fully saturated rings. The van der Waals surface area contributed by atoms with Crippen LogP contribution < -0.4 is 0 Å². The highest BCUT2D eigenvalue weighted by Gasteiger charge is 2.17. The molecule has 0 radical (unpaired) electrons. The van der Waals surface area contributed by atoms with Gasteiger partial charge in [0.15, 0.2) is 0 Å². The molecule has 6 nitrogen and oxygen atoms in total. The van der Waals surface area contributed by atoms with Gasteiger partial charge in [-0.3, -0.25) is 0 Å². The van der Waals surface area contributed by atoms with Gasteiger partial charge in [0.25, 0.3) is 0 Å². The first-order valence-electron chi connectivity index (χ1n) is 15.1. The molecule has 0 spiro atoms. The van der Waals surface area contributed by atoms with Gasteiger partial charge in [0.2, 0.25) is 0 Å². The third kappa shape index (κ3) is 13.6. The van der Waals surface area contributed by atoms with E-state index in [0.717, 1.165) is 44.9 Å². The fraction of sp³-hybridized carbons (Fsp3) is 0.588. The van der Waals surface area contributed by atoms with Crippen LogP contribution in [0.2, 0.25) is 0 Å². The van der Waals surface area contributed by atoms with Gasteiger partial charge in [-0.25, -0.2) is 9.59 Å². The average molecular weight is 555 g/mol. The molecule has 5 unspecified atom stereocenters. The molecule has 2 rings (SSSR count). The second-order valence-corrected chi connectivity index (χ2v) is 11.2. The third-order valence-corrected chi connectivity index (χ3v) is 7.63. The van der Waals surface area contributed by atoms with Crippen LogP contribution in [-0.4, -0.2) is 47.6 Å². The molecule has 2 N–H and O–H groups in total. The minimum absolute atomic E-state index is 0.322. The standard InChI is InChI=1S/C34H50O6/c1-26(15-13-22-32(30-18-8-5-9-19-30)23-25-40-34(38)28(3)36)14-12-21-31(29-16-6-4-7-17-29)20-10-11-24-39-33(37)27(2)35/h4-9,16-19,26-28,31-32,35-36H,10-15,20-25H2,1-3H3. The first-order valence-corrected chi connectivity index (χ1v) is 15.1. The molecule has 0 saturated carbocycles. The van der Waals surface area contributed by atoms with Crippen LogP contribution in [0.15, 0.2) is 60.7 Å². The highest BCUT2D eigenvalue weighted by atomic mass is 16.5. The highest BCUT2D eigenvalue weighted by Crippen LogP contribution is 2.30. The van der Waals surface area contributed by atoms with Crippen molar-refractivity contribution in [3.8, 4) is 0 Å². The molecule has 0 amide bonds. The zero-order valence-electron chi connectivity index (χ0n) is 24.7. The van der Waals surface area contributed by atoms with Gasteiger partial charge in [-0.05, 0) is 81.3 Å². The van der Waals surface area contributed by atoms with Crippen LogP contribution in [0.1, 0.15) is 108 Å². The van der Waals surface area contributed by atoms with Crippen LogP contribution >= 0.6 is 0 Å². The molecule has 2 aromatic carbocycles. The Morgan fingerprint density at radius 2 is 1.00 bits per heavy atom. The summed E-state index contributed by atoms with van der Waals surface area (Å²) in [6, 6.07) is 21.1. The predicted octanol–water partition coefficient (Wildman–Crippen LogP) is 6.94. The zero-order valence-corrected chi connectivity index (χ0v) is 24.7. The number of hydrogen-bond donors (Lipinski definition) is 2. The number of rotatable bonds is 20. The van der Waals surface area contributed by atoms with Gasteiger partial charge in [-0.2, -0.15) is 0 Å². The summed E-state index contributed by atoms with van der Waals surface area (Å²) in [6.07, 6.45) is 8.30. The monoisotopic (exact) mass is 554 g/mol. The summed E-state index contributed by atoms with van der Waals surface area (Å²) in [4.78, 5) is 23.1. The molecule has 0 saturated heterocycles. The Kier molecular flexibility index (Phi) is 16.2. The van der Waals surface area contributed by atoms with E-state index in [2.05, 4.69) is 61.5 Å². The summed E-state index contributed by atoms with van der Waals surface area (Å²) >= 11 is 0. The molecule has 5 atom stereocenters. The van der Waals surface area contributed by atoms with Crippen LogP contribution in [0.3, 0.4) is 0 Å². The Labute approximate surface area is 241 Å². The Bertz CT molecular complexity index is 943. The molecule has 0 aliphatic rings. The second kappa shape index (κ2) is 19.4. The maximum Gasteiger partial charge on any atom is 0.334 e. The molecular weight excluding hydrogens is 504 g/mol. The van der Waals surface area contributed by atoms with E-state index in [4.69, 9.17) is 9.47 Å². The van der Waals surface area contributed by atoms with Gasteiger partial charge in [0, 0.05) is 0 Å². The van der Waals surface area contributed by atoms with Gasteiger partial charge in [-0.15, -0.1) is 0 Å². The van der Waals surface area contributed by atoms with Crippen molar-refractivity contribution in [2.45, 2.75) is 109 Å². The second-order valence-electron chi connectivity index (χ2n) is 11.2. The number of carbonyl (C=O) groups is 2. The number of esters is 2. The number of unbranched alkanes of at least 4 members (excludes halogenated alkanes) is 1. The summed E-state index contributed by atoms with van der Waals surface area (Å²) in [5, 5.41) is 18.6. The first kappa shape index (κ1) is 33.5. The van der Waals surface area contributed by atoms with E-state index in [9.17, 15) is 19.8 Å². The maximum absolute atomic E-state index is 11.6. The fourth-order valence-corrected chi connectivity index (χ4v) is 5.18. The van der Waals surface area contributed by atoms with Crippen molar-refractivity contribution in [3.05, 3.63) is 71.8 Å². The Morgan fingerprint density at radius 1 is 0.575 bits per heavy atom. The van der Waals surface area contributed by atoms with Crippen LogP contribution in [0.4, 0.5) is 0 Å². The van der Waals surface area contributed by atoms with Crippen molar-refractivity contribution in [2.24, 2.45) is 5.92 Å². The van der Waals surface area contributed by atoms with Crippen molar-refractivity contribution < 1.29 is 29.3 Å². The molecule has 0 aliphatic carbocycles. The Hall–Kier alpha value is -2.70. The molecule has 0 heterocycles. The number of benzene rings is 2. The minimum atomic E-state index is -1.09. The van der Waals surface area contributed by atoms with E-state index in [0.29, 0.717) is 31.0 Å². The number of aliphatic hydroxyl groups is 2. The van der Waals surface area contributed by atoms with Gasteiger partial charge >= 0.3 is 11.9 Å². The van der Waals surface area contributed by atoms with E-state index in [1.165, 1.54) is 44.2 Å². The number of carbonyl (C=O) groups excluding carboxylic acids is 2. The molecule has 222 valence electrons. The summed E-state index contributed by atoms with van der Waals surface area (Å²) in [5.41, 5.74) is 2.65. The van der Waals surface area contributed by atoms with Gasteiger partial charge in [-0.1, -0.05) is 93.3 Å². The number of hydrogen-bond acceptors (Lipinski definition) is 6. The van der Waals surface area contributed by atoms with Crippen molar-refractivity contribution >= 4 is 11.9 Å². The minimum Gasteiger partial charge on any atom is -0.464 e. The van der Waals surface area contributed by atoms with Crippen molar-refractivity contribution in [1.29, 1.82) is 0 Å².